The third-order valence-corrected chi connectivity index (χ3v) is 3.88. The molecule has 10 heteroatoms. The lowest BCUT2D eigenvalue weighted by atomic mass is 9.94. The Morgan fingerprint density at radius 3 is 2.12 bits per heavy atom. The Hall–Kier alpha value is -1.81. The molecule has 1 atom stereocenters. The van der Waals surface area contributed by atoms with E-state index >= 15 is 0 Å². The van der Waals surface area contributed by atoms with E-state index in [1.165, 1.54) is 0 Å². The Kier molecular flexibility index (Phi) is 5.33. The highest BCUT2D eigenvalue weighted by Crippen LogP contribution is 2.36. The molecular weight excluding hydrogens is 354 g/mol. The molecule has 25 heavy (non-hydrogen) atoms. The highest BCUT2D eigenvalue weighted by Gasteiger charge is 2.38. The first-order valence-corrected chi connectivity index (χ1v) is 7.41. The zero-order valence-corrected chi connectivity index (χ0v) is 12.9. The molecule has 0 aliphatic carbocycles. The van der Waals surface area contributed by atoms with Crippen LogP contribution in [0.1, 0.15) is 34.3 Å². The van der Waals surface area contributed by atoms with Crippen LogP contribution in [0.3, 0.4) is 0 Å². The van der Waals surface area contributed by atoms with Crippen LogP contribution in [0.4, 0.5) is 26.3 Å². The van der Waals surface area contributed by atoms with Gasteiger partial charge < -0.3 is 15.7 Å². The van der Waals surface area contributed by atoms with Crippen molar-refractivity contribution in [1.29, 1.82) is 0 Å². The number of benzene rings is 1. The van der Waals surface area contributed by atoms with Crippen molar-refractivity contribution in [2.75, 3.05) is 19.6 Å². The van der Waals surface area contributed by atoms with Crippen LogP contribution in [0.15, 0.2) is 18.2 Å². The number of halogens is 6. The number of carbonyl (C=O) groups excluding carboxylic acids is 1. The van der Waals surface area contributed by atoms with Crippen molar-refractivity contribution in [3.63, 3.8) is 0 Å². The first-order chi connectivity index (χ1) is 11.4. The summed E-state index contributed by atoms with van der Waals surface area (Å²) in [6, 6.07) is 0.664. The average molecular weight is 370 g/mol. The molecule has 4 nitrogen and oxygen atoms in total. The molecule has 3 N–H and O–H groups in total. The second-order valence-electron chi connectivity index (χ2n) is 5.98. The molecule has 1 heterocycles. The van der Waals surface area contributed by atoms with Crippen molar-refractivity contribution in [2.24, 2.45) is 0 Å². The van der Waals surface area contributed by atoms with Gasteiger partial charge in [-0.25, -0.2) is 0 Å². The van der Waals surface area contributed by atoms with Gasteiger partial charge in [-0.3, -0.25) is 4.79 Å². The van der Waals surface area contributed by atoms with Crippen LogP contribution >= 0.6 is 0 Å². The Morgan fingerprint density at radius 2 is 1.68 bits per heavy atom. The molecule has 1 aliphatic rings. The Bertz CT molecular complexity index is 604. The van der Waals surface area contributed by atoms with Crippen molar-refractivity contribution in [3.8, 4) is 0 Å². The second-order valence-corrected chi connectivity index (χ2v) is 5.98. The van der Waals surface area contributed by atoms with Crippen LogP contribution in [0.25, 0.3) is 0 Å². The molecule has 0 saturated carbocycles. The van der Waals surface area contributed by atoms with E-state index in [9.17, 15) is 36.2 Å². The third kappa shape index (κ3) is 5.08. The molecule has 0 bridgehead atoms. The van der Waals surface area contributed by atoms with Crippen LogP contribution < -0.4 is 10.6 Å². The van der Waals surface area contributed by atoms with Crippen LogP contribution in [-0.4, -0.2) is 36.2 Å². The smallest absolute Gasteiger partial charge is 0.387 e. The van der Waals surface area contributed by atoms with Crippen molar-refractivity contribution in [1.82, 2.24) is 10.6 Å². The predicted molar refractivity (Wildman–Crippen MR) is 75.8 cm³/mol. The summed E-state index contributed by atoms with van der Waals surface area (Å²) in [5.74, 6) is -1.12. The van der Waals surface area contributed by atoms with Crippen molar-refractivity contribution in [3.05, 3.63) is 34.9 Å². The first kappa shape index (κ1) is 19.5. The maximum Gasteiger partial charge on any atom is 0.416 e. The molecule has 1 aromatic rings. The number of rotatable bonds is 3. The predicted octanol–water partition coefficient (Wildman–Crippen LogP) is 2.57. The minimum absolute atomic E-state index is 0.0463. The van der Waals surface area contributed by atoms with Gasteiger partial charge in [-0.05, 0) is 37.6 Å². The largest absolute Gasteiger partial charge is 0.416 e. The van der Waals surface area contributed by atoms with Crippen molar-refractivity contribution < 1.29 is 36.2 Å². The van der Waals surface area contributed by atoms with Crippen molar-refractivity contribution in [2.45, 2.75) is 30.8 Å². The summed E-state index contributed by atoms with van der Waals surface area (Å²) in [6.45, 7) is 0.568. The third-order valence-electron chi connectivity index (χ3n) is 3.88. The Labute approximate surface area is 139 Å². The van der Waals surface area contributed by atoms with E-state index in [2.05, 4.69) is 10.6 Å². The molecule has 2 rings (SSSR count). The first-order valence-electron chi connectivity index (χ1n) is 7.41. The molecule has 1 amide bonds. The molecule has 1 aromatic carbocycles. The number of carbonyl (C=O) groups is 1. The summed E-state index contributed by atoms with van der Waals surface area (Å²) in [5, 5.41) is 15.3. The van der Waals surface area contributed by atoms with Crippen LogP contribution in [0, 0.1) is 0 Å². The van der Waals surface area contributed by atoms with Gasteiger partial charge in [-0.15, -0.1) is 0 Å². The summed E-state index contributed by atoms with van der Waals surface area (Å²) in [6.07, 6.45) is -9.06. The van der Waals surface area contributed by atoms with Crippen molar-refractivity contribution >= 4 is 5.91 Å². The summed E-state index contributed by atoms with van der Waals surface area (Å²) >= 11 is 0. The topological polar surface area (TPSA) is 61.4 Å². The fourth-order valence-electron chi connectivity index (χ4n) is 2.54. The standard InChI is InChI=1S/C15H16F6N2O2/c16-14(17,18)10-4-9(5-11(6-10)15(19,20)21)12(24)23-8-13(25)2-1-3-22-7-13/h4-6,22,25H,1-3,7-8H2,(H,23,24). The van der Waals surface area contributed by atoms with Crippen LogP contribution in [0.2, 0.25) is 0 Å². The van der Waals surface area contributed by atoms with Gasteiger partial charge in [0, 0.05) is 18.7 Å². The van der Waals surface area contributed by atoms with E-state index in [4.69, 9.17) is 0 Å². The SMILES string of the molecule is O=C(NCC1(O)CCCNC1)c1cc(C(F)(F)F)cc(C(F)(F)F)c1. The van der Waals surface area contributed by atoms with Gasteiger partial charge in [0.2, 0.25) is 0 Å². The van der Waals surface area contributed by atoms with E-state index in [0.29, 0.717) is 31.5 Å². The number of hydrogen-bond donors (Lipinski definition) is 3. The summed E-state index contributed by atoms with van der Waals surface area (Å²) in [5.41, 5.74) is -5.19. The average Bonchev–Trinajstić information content (AvgIpc) is 2.51. The lowest BCUT2D eigenvalue weighted by Crippen LogP contribution is -2.52. The number of alkyl halides is 6. The highest BCUT2D eigenvalue weighted by atomic mass is 19.4. The number of β-amino-alcohol motifs (C(OH)–C–C–N with tert-alkyl or cyclic N) is 1. The minimum Gasteiger partial charge on any atom is -0.387 e. The van der Waals surface area contributed by atoms with E-state index in [1.54, 1.807) is 0 Å². The lowest BCUT2D eigenvalue weighted by molar-refractivity contribution is -0.143. The summed E-state index contributed by atoms with van der Waals surface area (Å²) < 4.78 is 76.7. The maximum atomic E-state index is 12.8. The molecule has 1 aliphatic heterocycles. The number of hydrogen-bond acceptors (Lipinski definition) is 3. The van der Waals surface area contributed by atoms with Gasteiger partial charge in [0.05, 0.1) is 16.7 Å². The highest BCUT2D eigenvalue weighted by molar-refractivity contribution is 5.94. The Balaban J connectivity index is 2.23. The van der Waals surface area contributed by atoms with Gasteiger partial charge in [-0.2, -0.15) is 26.3 Å². The molecule has 0 spiro atoms. The zero-order chi connectivity index (χ0) is 18.9. The lowest BCUT2D eigenvalue weighted by Gasteiger charge is -2.32. The molecule has 1 fully saturated rings. The fraction of sp³-hybridized carbons (Fsp3) is 0.533. The zero-order valence-electron chi connectivity index (χ0n) is 12.9. The molecular formula is C15H16F6N2O2. The number of nitrogens with one attached hydrogen (secondary N) is 2. The number of amides is 1. The van der Waals surface area contributed by atoms with Gasteiger partial charge in [0.1, 0.15) is 0 Å². The van der Waals surface area contributed by atoms with E-state index in [1.807, 2.05) is 0 Å². The number of aliphatic hydroxyl groups is 1. The minimum atomic E-state index is -5.03. The van der Waals surface area contributed by atoms with Crippen LogP contribution in [0.5, 0.6) is 0 Å². The van der Waals surface area contributed by atoms with Gasteiger partial charge >= 0.3 is 12.4 Å². The normalized spacial score (nSPS) is 21.9. The summed E-state index contributed by atoms with van der Waals surface area (Å²) in [7, 11) is 0. The number of piperidine rings is 1. The van der Waals surface area contributed by atoms with Gasteiger partial charge in [-0.1, -0.05) is 0 Å². The second kappa shape index (κ2) is 6.83. The van der Waals surface area contributed by atoms with Gasteiger partial charge in [0.15, 0.2) is 0 Å². The Morgan fingerprint density at radius 1 is 1.12 bits per heavy atom. The molecule has 0 aromatic heterocycles. The monoisotopic (exact) mass is 370 g/mol. The quantitative estimate of drug-likeness (QED) is 0.717. The maximum absolute atomic E-state index is 12.8. The van der Waals surface area contributed by atoms with E-state index < -0.39 is 40.6 Å². The van der Waals surface area contributed by atoms with Crippen LogP contribution in [-0.2, 0) is 12.4 Å². The molecule has 140 valence electrons. The molecule has 1 unspecified atom stereocenters. The molecule has 0 radical (unpaired) electrons. The van der Waals surface area contributed by atoms with E-state index in [0.717, 1.165) is 0 Å². The summed E-state index contributed by atoms with van der Waals surface area (Å²) in [4.78, 5) is 12.0. The van der Waals surface area contributed by atoms with Gasteiger partial charge in [0.25, 0.3) is 5.91 Å². The fourth-order valence-corrected chi connectivity index (χ4v) is 2.54. The van der Waals surface area contributed by atoms with E-state index in [-0.39, 0.29) is 19.2 Å². The molecule has 1 saturated heterocycles.